The third-order valence-corrected chi connectivity index (χ3v) is 5.00. The molecule has 3 aromatic rings. The maximum atomic E-state index is 14.4. The molecule has 1 aromatic heterocycles. The van der Waals surface area contributed by atoms with Crippen molar-refractivity contribution in [2.24, 2.45) is 0 Å². The van der Waals surface area contributed by atoms with Crippen molar-refractivity contribution >= 4 is 5.82 Å². The van der Waals surface area contributed by atoms with Crippen LogP contribution in [0.2, 0.25) is 0 Å². The lowest BCUT2D eigenvalue weighted by molar-refractivity contribution is -0.150. The van der Waals surface area contributed by atoms with Gasteiger partial charge in [-0.2, -0.15) is 5.10 Å². The Morgan fingerprint density at radius 1 is 0.964 bits per heavy atom. The minimum atomic E-state index is -2.84. The lowest BCUT2D eigenvalue weighted by atomic mass is 10.0. The van der Waals surface area contributed by atoms with Crippen LogP contribution in [-0.4, -0.2) is 34.9 Å². The van der Waals surface area contributed by atoms with Crippen LogP contribution in [0.15, 0.2) is 72.9 Å². The van der Waals surface area contributed by atoms with E-state index in [4.69, 9.17) is 4.74 Å². The third kappa shape index (κ3) is 4.39. The predicted octanol–water partition coefficient (Wildman–Crippen LogP) is 4.36. The Labute approximate surface area is 163 Å². The number of ether oxygens (including phenoxy) is 1. The molecule has 146 valence electrons. The molecule has 0 aliphatic carbocycles. The minimum Gasteiger partial charge on any atom is -0.365 e. The summed E-state index contributed by atoms with van der Waals surface area (Å²) < 4.78 is 36.2. The van der Waals surface area contributed by atoms with Crippen molar-refractivity contribution < 1.29 is 13.5 Å². The number of aromatic nitrogens is 2. The summed E-state index contributed by atoms with van der Waals surface area (Å²) in [5.41, 5.74) is 2.04. The number of benzene rings is 2. The molecule has 4 rings (SSSR count). The van der Waals surface area contributed by atoms with Gasteiger partial charge in [-0.15, -0.1) is 0 Å². The predicted molar refractivity (Wildman–Crippen MR) is 105 cm³/mol. The minimum absolute atomic E-state index is 0.127. The zero-order valence-electron chi connectivity index (χ0n) is 15.5. The van der Waals surface area contributed by atoms with Crippen LogP contribution in [0.4, 0.5) is 14.6 Å². The molecule has 1 atom stereocenters. The average Bonchev–Trinajstić information content (AvgIpc) is 3.17. The Morgan fingerprint density at radius 2 is 1.64 bits per heavy atom. The first kappa shape index (κ1) is 18.6. The van der Waals surface area contributed by atoms with Crippen LogP contribution in [0.1, 0.15) is 17.5 Å². The summed E-state index contributed by atoms with van der Waals surface area (Å²) in [7, 11) is 0. The molecule has 0 amide bonds. The van der Waals surface area contributed by atoms with Crippen LogP contribution >= 0.6 is 0 Å². The van der Waals surface area contributed by atoms with Gasteiger partial charge in [0.25, 0.3) is 5.92 Å². The molecular formula is C22H23F2N3O. The van der Waals surface area contributed by atoms with Gasteiger partial charge in [-0.3, -0.25) is 4.68 Å². The van der Waals surface area contributed by atoms with Gasteiger partial charge in [0.1, 0.15) is 6.10 Å². The molecule has 6 heteroatoms. The van der Waals surface area contributed by atoms with E-state index in [0.717, 1.165) is 11.1 Å². The number of hydrogen-bond acceptors (Lipinski definition) is 3. The largest absolute Gasteiger partial charge is 0.365 e. The van der Waals surface area contributed by atoms with Crippen molar-refractivity contribution in [3.8, 4) is 0 Å². The molecule has 1 aliphatic heterocycles. The molecule has 0 bridgehead atoms. The van der Waals surface area contributed by atoms with Gasteiger partial charge in [-0.25, -0.2) is 8.78 Å². The fraction of sp³-hybridized carbons (Fsp3) is 0.318. The number of halogens is 2. The van der Waals surface area contributed by atoms with Crippen molar-refractivity contribution in [3.05, 3.63) is 84.1 Å². The lowest BCUT2D eigenvalue weighted by Crippen LogP contribution is -2.52. The maximum Gasteiger partial charge on any atom is 0.277 e. The zero-order chi connectivity index (χ0) is 19.4. The Bertz CT molecular complexity index is 883. The number of alkyl halides is 2. The first-order valence-electron chi connectivity index (χ1n) is 9.46. The first-order valence-corrected chi connectivity index (χ1v) is 9.46. The maximum absolute atomic E-state index is 14.4. The Balaban J connectivity index is 1.41. The van der Waals surface area contributed by atoms with Gasteiger partial charge in [-0.1, -0.05) is 60.7 Å². The van der Waals surface area contributed by atoms with E-state index < -0.39 is 12.0 Å². The van der Waals surface area contributed by atoms with Crippen molar-refractivity contribution in [1.82, 2.24) is 9.78 Å². The number of piperidine rings is 1. The van der Waals surface area contributed by atoms with E-state index in [0.29, 0.717) is 12.4 Å². The van der Waals surface area contributed by atoms with Crippen molar-refractivity contribution in [2.45, 2.75) is 31.6 Å². The van der Waals surface area contributed by atoms with E-state index >= 15 is 0 Å². The highest BCUT2D eigenvalue weighted by Crippen LogP contribution is 2.33. The van der Waals surface area contributed by atoms with Crippen molar-refractivity contribution in [2.75, 3.05) is 18.0 Å². The summed E-state index contributed by atoms with van der Waals surface area (Å²) in [6.07, 6.45) is 0.494. The molecule has 0 radical (unpaired) electrons. The Hall–Kier alpha value is -2.73. The first-order chi connectivity index (χ1) is 13.6. The molecule has 2 aromatic carbocycles. The topological polar surface area (TPSA) is 30.3 Å². The van der Waals surface area contributed by atoms with Gasteiger partial charge in [0, 0.05) is 25.2 Å². The van der Waals surface area contributed by atoms with E-state index in [9.17, 15) is 8.78 Å². The van der Waals surface area contributed by atoms with E-state index in [2.05, 4.69) is 5.10 Å². The van der Waals surface area contributed by atoms with Crippen LogP contribution in [0.5, 0.6) is 0 Å². The molecule has 2 heterocycles. The standard InChI is InChI=1S/C22H23F2N3O/c23-22(24)12-14-26(16-20(22)28-17-19-9-5-2-6-10-19)21-11-13-27(25-21)15-18-7-3-1-4-8-18/h1-11,13,20H,12,14-17H2. The summed E-state index contributed by atoms with van der Waals surface area (Å²) in [5.74, 6) is -2.13. The van der Waals surface area contributed by atoms with Gasteiger partial charge in [0.05, 0.1) is 19.7 Å². The number of nitrogens with zero attached hydrogens (tertiary/aromatic N) is 3. The number of rotatable bonds is 6. The molecule has 1 unspecified atom stereocenters. The number of hydrogen-bond donors (Lipinski definition) is 0. The van der Waals surface area contributed by atoms with E-state index in [1.165, 1.54) is 0 Å². The smallest absolute Gasteiger partial charge is 0.277 e. The van der Waals surface area contributed by atoms with E-state index in [-0.39, 0.29) is 26.1 Å². The average molecular weight is 383 g/mol. The molecule has 0 spiro atoms. The summed E-state index contributed by atoms with van der Waals surface area (Å²) in [4.78, 5) is 1.88. The van der Waals surface area contributed by atoms with E-state index in [1.54, 1.807) is 0 Å². The second kappa shape index (κ2) is 8.10. The van der Waals surface area contributed by atoms with Gasteiger partial charge < -0.3 is 9.64 Å². The zero-order valence-corrected chi connectivity index (χ0v) is 15.5. The van der Waals surface area contributed by atoms with Crippen LogP contribution in [0.3, 0.4) is 0 Å². The molecule has 1 fully saturated rings. The summed E-state index contributed by atoms with van der Waals surface area (Å²) >= 11 is 0. The monoisotopic (exact) mass is 383 g/mol. The Kier molecular flexibility index (Phi) is 5.39. The normalized spacial score (nSPS) is 18.9. The quantitative estimate of drug-likeness (QED) is 0.634. The van der Waals surface area contributed by atoms with Gasteiger partial charge in [0.15, 0.2) is 5.82 Å². The molecule has 0 N–H and O–H groups in total. The van der Waals surface area contributed by atoms with Crippen LogP contribution in [-0.2, 0) is 17.9 Å². The third-order valence-electron chi connectivity index (χ3n) is 5.00. The van der Waals surface area contributed by atoms with Crippen molar-refractivity contribution in [1.29, 1.82) is 0 Å². The van der Waals surface area contributed by atoms with Crippen LogP contribution < -0.4 is 4.90 Å². The van der Waals surface area contributed by atoms with Crippen LogP contribution in [0.25, 0.3) is 0 Å². The summed E-state index contributed by atoms with van der Waals surface area (Å²) in [5, 5.41) is 4.57. The highest BCUT2D eigenvalue weighted by molar-refractivity contribution is 5.38. The van der Waals surface area contributed by atoms with E-state index in [1.807, 2.05) is 82.5 Å². The number of anilines is 1. The van der Waals surface area contributed by atoms with Gasteiger partial charge in [-0.05, 0) is 11.1 Å². The SMILES string of the molecule is FC1(F)CCN(c2ccn(Cc3ccccc3)n2)CC1OCc1ccccc1. The second-order valence-electron chi connectivity index (χ2n) is 7.10. The summed E-state index contributed by atoms with van der Waals surface area (Å²) in [6, 6.07) is 21.3. The molecule has 1 aliphatic rings. The molecule has 1 saturated heterocycles. The summed E-state index contributed by atoms with van der Waals surface area (Å²) in [6.45, 7) is 1.22. The molecule has 4 nitrogen and oxygen atoms in total. The lowest BCUT2D eigenvalue weighted by Gasteiger charge is -2.38. The fourth-order valence-electron chi connectivity index (χ4n) is 3.40. The molecule has 28 heavy (non-hydrogen) atoms. The fourth-order valence-corrected chi connectivity index (χ4v) is 3.40. The van der Waals surface area contributed by atoms with Gasteiger partial charge in [0.2, 0.25) is 0 Å². The molecular weight excluding hydrogens is 360 g/mol. The highest BCUT2D eigenvalue weighted by atomic mass is 19.3. The van der Waals surface area contributed by atoms with Gasteiger partial charge >= 0.3 is 0 Å². The van der Waals surface area contributed by atoms with Crippen molar-refractivity contribution in [3.63, 3.8) is 0 Å². The Morgan fingerprint density at radius 3 is 2.36 bits per heavy atom. The van der Waals surface area contributed by atoms with Crippen LogP contribution in [0, 0.1) is 0 Å². The highest BCUT2D eigenvalue weighted by Gasteiger charge is 2.45. The molecule has 0 saturated carbocycles. The second-order valence-corrected chi connectivity index (χ2v) is 7.10.